The highest BCUT2D eigenvalue weighted by Crippen LogP contribution is 2.24. The quantitative estimate of drug-likeness (QED) is 0.643. The first-order valence-electron chi connectivity index (χ1n) is 8.56. The summed E-state index contributed by atoms with van der Waals surface area (Å²) in [5.74, 6) is -3.91. The van der Waals surface area contributed by atoms with Crippen LogP contribution in [0.4, 0.5) is 13.2 Å². The van der Waals surface area contributed by atoms with Gasteiger partial charge in [-0.3, -0.25) is 9.79 Å². The summed E-state index contributed by atoms with van der Waals surface area (Å²) >= 11 is 0. The molecule has 148 valence electrons. The van der Waals surface area contributed by atoms with Crippen LogP contribution in [0.1, 0.15) is 33.8 Å². The molecule has 0 saturated heterocycles. The Morgan fingerprint density at radius 1 is 1.25 bits per heavy atom. The zero-order valence-corrected chi connectivity index (χ0v) is 15.6. The first-order valence-corrected chi connectivity index (χ1v) is 8.56. The molecule has 0 aliphatic carbocycles. The molecule has 0 radical (unpaired) electrons. The van der Waals surface area contributed by atoms with Gasteiger partial charge in [0.05, 0.1) is 12.3 Å². The summed E-state index contributed by atoms with van der Waals surface area (Å²) in [7, 11) is 1.45. The maximum absolute atomic E-state index is 13.6. The zero-order valence-electron chi connectivity index (χ0n) is 15.6. The van der Waals surface area contributed by atoms with E-state index in [0.717, 1.165) is 12.1 Å². The Kier molecular flexibility index (Phi) is 5.26. The average Bonchev–Trinajstić information content (AvgIpc) is 2.99. The fourth-order valence-electron chi connectivity index (χ4n) is 3.13. The van der Waals surface area contributed by atoms with Crippen molar-refractivity contribution in [3.8, 4) is 0 Å². The molecule has 9 heteroatoms. The van der Waals surface area contributed by atoms with Gasteiger partial charge < -0.3 is 15.2 Å². The van der Waals surface area contributed by atoms with E-state index in [0.29, 0.717) is 35.6 Å². The van der Waals surface area contributed by atoms with Crippen LogP contribution in [0, 0.1) is 31.3 Å². The van der Waals surface area contributed by atoms with Crippen molar-refractivity contribution in [3.63, 3.8) is 0 Å². The molecule has 1 aliphatic heterocycles. The lowest BCUT2D eigenvalue weighted by Crippen LogP contribution is -2.40. The van der Waals surface area contributed by atoms with Gasteiger partial charge in [-0.1, -0.05) is 5.16 Å². The van der Waals surface area contributed by atoms with Crippen LogP contribution < -0.4 is 5.73 Å². The number of benzene rings is 1. The molecule has 0 spiro atoms. The van der Waals surface area contributed by atoms with E-state index in [-0.39, 0.29) is 29.4 Å². The van der Waals surface area contributed by atoms with Crippen molar-refractivity contribution in [1.29, 1.82) is 0 Å². The highest BCUT2D eigenvalue weighted by atomic mass is 19.2. The van der Waals surface area contributed by atoms with Gasteiger partial charge in [0.15, 0.2) is 23.1 Å². The molecule has 1 aliphatic rings. The number of aliphatic imine (C=N–C) groups is 1. The highest BCUT2D eigenvalue weighted by Gasteiger charge is 2.28. The van der Waals surface area contributed by atoms with Gasteiger partial charge in [-0.2, -0.15) is 0 Å². The summed E-state index contributed by atoms with van der Waals surface area (Å²) in [6.45, 7) is 3.87. The van der Waals surface area contributed by atoms with E-state index in [1.807, 2.05) is 0 Å². The third-order valence-corrected chi connectivity index (χ3v) is 4.79. The number of hydrogen-bond donors (Lipinski definition) is 1. The van der Waals surface area contributed by atoms with E-state index in [4.69, 9.17) is 10.3 Å². The van der Waals surface area contributed by atoms with Crippen molar-refractivity contribution in [1.82, 2.24) is 10.1 Å². The van der Waals surface area contributed by atoms with Crippen LogP contribution in [-0.2, 0) is 0 Å². The summed E-state index contributed by atoms with van der Waals surface area (Å²) in [5.41, 5.74) is 8.27. The Hall–Kier alpha value is -3.10. The summed E-state index contributed by atoms with van der Waals surface area (Å²) in [6.07, 6.45) is 0.320. The molecule has 2 aromatic rings. The molecule has 6 nitrogen and oxygen atoms in total. The summed E-state index contributed by atoms with van der Waals surface area (Å²) in [4.78, 5) is 18.3. The van der Waals surface area contributed by atoms with Crippen LogP contribution in [0.3, 0.4) is 0 Å². The predicted octanol–water partition coefficient (Wildman–Crippen LogP) is 2.89. The number of halogens is 3. The van der Waals surface area contributed by atoms with E-state index in [1.54, 1.807) is 13.8 Å². The lowest BCUT2D eigenvalue weighted by molar-refractivity contribution is 0.0753. The van der Waals surface area contributed by atoms with Gasteiger partial charge in [0.25, 0.3) is 5.91 Å². The summed E-state index contributed by atoms with van der Waals surface area (Å²) in [5, 5.41) is 3.80. The molecule has 0 atom stereocenters. The minimum atomic E-state index is -1.54. The second-order valence-corrected chi connectivity index (χ2v) is 6.52. The molecule has 2 N–H and O–H groups in total. The Balaban J connectivity index is 1.89. The number of carbonyl (C=O) groups is 1. The number of aromatic nitrogens is 1. The number of nitrogens with zero attached hydrogens (tertiary/aromatic N) is 3. The Labute approximate surface area is 159 Å². The molecule has 1 aromatic heterocycles. The highest BCUT2D eigenvalue weighted by molar-refractivity contribution is 6.13. The van der Waals surface area contributed by atoms with E-state index < -0.39 is 17.5 Å². The molecule has 0 unspecified atom stereocenters. The minimum absolute atomic E-state index is 0.0830. The summed E-state index contributed by atoms with van der Waals surface area (Å²) in [6, 6.07) is 1.75. The molecule has 3 rings (SSSR count). The fraction of sp³-hybridized carbons (Fsp3) is 0.316. The van der Waals surface area contributed by atoms with Gasteiger partial charge in [0.1, 0.15) is 5.76 Å². The maximum atomic E-state index is 13.6. The number of hydrogen-bond acceptors (Lipinski definition) is 5. The number of amides is 1. The first kappa shape index (κ1) is 19.7. The standard InChI is InChI=1S/C19H19F3N4O2/c1-9-10(2)28-25-17(9)19(27)26-5-4-12(15(23)8-26)18(24-3)11-6-13(20)16(22)14(21)7-11/h6-7H,4-5,8,23H2,1-3H3. The van der Waals surface area contributed by atoms with Gasteiger partial charge >= 0.3 is 0 Å². The molecule has 1 amide bonds. The largest absolute Gasteiger partial charge is 0.400 e. The molecule has 2 heterocycles. The lowest BCUT2D eigenvalue weighted by Gasteiger charge is -2.29. The molecule has 1 aromatic carbocycles. The Morgan fingerprint density at radius 2 is 1.89 bits per heavy atom. The van der Waals surface area contributed by atoms with Crippen LogP contribution in [0.5, 0.6) is 0 Å². The zero-order chi connectivity index (χ0) is 20.6. The number of aryl methyl sites for hydroxylation is 1. The van der Waals surface area contributed by atoms with Crippen molar-refractivity contribution < 1.29 is 22.5 Å². The predicted molar refractivity (Wildman–Crippen MR) is 96.5 cm³/mol. The van der Waals surface area contributed by atoms with Gasteiger partial charge in [0, 0.05) is 36.0 Å². The molecular formula is C19H19F3N4O2. The second kappa shape index (κ2) is 7.49. The van der Waals surface area contributed by atoms with Crippen LogP contribution in [0.2, 0.25) is 0 Å². The number of rotatable bonds is 3. The van der Waals surface area contributed by atoms with Crippen LogP contribution in [-0.4, -0.2) is 41.8 Å². The van der Waals surface area contributed by atoms with Crippen molar-refractivity contribution in [3.05, 3.63) is 63.4 Å². The van der Waals surface area contributed by atoms with Crippen molar-refractivity contribution in [2.24, 2.45) is 10.7 Å². The van der Waals surface area contributed by atoms with Crippen molar-refractivity contribution in [2.75, 3.05) is 20.1 Å². The van der Waals surface area contributed by atoms with Gasteiger partial charge in [-0.25, -0.2) is 13.2 Å². The summed E-state index contributed by atoms with van der Waals surface area (Å²) < 4.78 is 45.5. The van der Waals surface area contributed by atoms with E-state index in [1.165, 1.54) is 11.9 Å². The number of carbonyl (C=O) groups excluding carboxylic acids is 1. The van der Waals surface area contributed by atoms with Crippen LogP contribution in [0.25, 0.3) is 0 Å². The maximum Gasteiger partial charge on any atom is 0.276 e. The van der Waals surface area contributed by atoms with E-state index in [2.05, 4.69) is 10.1 Å². The fourth-order valence-corrected chi connectivity index (χ4v) is 3.13. The molecular weight excluding hydrogens is 373 g/mol. The average molecular weight is 392 g/mol. The minimum Gasteiger partial charge on any atom is -0.400 e. The molecule has 0 fully saturated rings. The van der Waals surface area contributed by atoms with Gasteiger partial charge in [0.2, 0.25) is 0 Å². The molecule has 0 bridgehead atoms. The van der Waals surface area contributed by atoms with Crippen molar-refractivity contribution >= 4 is 11.6 Å². The third-order valence-electron chi connectivity index (χ3n) is 4.79. The topological polar surface area (TPSA) is 84.7 Å². The SMILES string of the molecule is CN=C(C1=C(N)CN(C(=O)c2noc(C)c2C)CC1)c1cc(F)c(F)c(F)c1. The smallest absolute Gasteiger partial charge is 0.276 e. The van der Waals surface area contributed by atoms with E-state index >= 15 is 0 Å². The van der Waals surface area contributed by atoms with E-state index in [9.17, 15) is 18.0 Å². The third kappa shape index (κ3) is 3.39. The Bertz CT molecular complexity index is 988. The Morgan fingerprint density at radius 3 is 2.39 bits per heavy atom. The lowest BCUT2D eigenvalue weighted by atomic mass is 9.94. The second-order valence-electron chi connectivity index (χ2n) is 6.52. The van der Waals surface area contributed by atoms with Crippen LogP contribution in [0.15, 0.2) is 32.9 Å². The first-order chi connectivity index (χ1) is 13.2. The number of nitrogens with two attached hydrogens (primary N) is 1. The van der Waals surface area contributed by atoms with Crippen LogP contribution >= 0.6 is 0 Å². The monoisotopic (exact) mass is 392 g/mol. The molecule has 28 heavy (non-hydrogen) atoms. The normalized spacial score (nSPS) is 15.4. The van der Waals surface area contributed by atoms with Gasteiger partial charge in [-0.05, 0) is 32.4 Å². The van der Waals surface area contributed by atoms with Crippen molar-refractivity contribution in [2.45, 2.75) is 20.3 Å². The van der Waals surface area contributed by atoms with Gasteiger partial charge in [-0.15, -0.1) is 0 Å². The molecule has 0 saturated carbocycles.